The molecule has 2 fully saturated rings. The maximum absolute atomic E-state index is 12.9. The van der Waals surface area contributed by atoms with Crippen molar-refractivity contribution in [2.45, 2.75) is 44.8 Å². The first-order valence-corrected chi connectivity index (χ1v) is 9.48. The summed E-state index contributed by atoms with van der Waals surface area (Å²) in [5.41, 5.74) is 0.878. The zero-order valence-corrected chi connectivity index (χ0v) is 15.8. The normalized spacial score (nSPS) is 24.6. The van der Waals surface area contributed by atoms with E-state index in [4.69, 9.17) is 9.47 Å². The summed E-state index contributed by atoms with van der Waals surface area (Å²) < 4.78 is 12.0. The lowest BCUT2D eigenvalue weighted by atomic mass is 9.89. The van der Waals surface area contributed by atoms with E-state index in [1.807, 2.05) is 24.3 Å². The third-order valence-corrected chi connectivity index (χ3v) is 5.06. The quantitative estimate of drug-likeness (QED) is 0.565. The molecule has 0 spiro atoms. The van der Waals surface area contributed by atoms with Crippen molar-refractivity contribution < 1.29 is 19.1 Å². The van der Waals surface area contributed by atoms with E-state index in [1.54, 1.807) is 17.9 Å². The molecule has 1 heterocycles. The van der Waals surface area contributed by atoms with Crippen molar-refractivity contribution >= 4 is 33.9 Å². The van der Waals surface area contributed by atoms with E-state index in [0.29, 0.717) is 12.4 Å². The van der Waals surface area contributed by atoms with Crippen molar-refractivity contribution in [3.8, 4) is 0 Å². The van der Waals surface area contributed by atoms with Crippen LogP contribution in [-0.4, -0.2) is 42.1 Å². The summed E-state index contributed by atoms with van der Waals surface area (Å²) in [4.78, 5) is 26.5. The zero-order valence-electron chi connectivity index (χ0n) is 14.2. The Morgan fingerprint density at radius 3 is 2.96 bits per heavy atom. The first-order chi connectivity index (χ1) is 12.1. The molecule has 0 N–H and O–H groups in total. The van der Waals surface area contributed by atoms with E-state index < -0.39 is 0 Å². The Balaban J connectivity index is 1.87. The molecule has 2 atom stereocenters. The van der Waals surface area contributed by atoms with Gasteiger partial charge < -0.3 is 14.4 Å². The monoisotopic (exact) mass is 407 g/mol. The smallest absolute Gasteiger partial charge is 0.325 e. The van der Waals surface area contributed by atoms with Gasteiger partial charge in [0.1, 0.15) is 12.6 Å². The lowest BCUT2D eigenvalue weighted by Crippen LogP contribution is -2.56. The highest BCUT2D eigenvalue weighted by atomic mass is 79.9. The summed E-state index contributed by atoms with van der Waals surface area (Å²) in [6, 6.07) is 7.62. The second kappa shape index (κ2) is 8.04. The molecule has 0 aromatic heterocycles. The number of halogens is 1. The van der Waals surface area contributed by atoms with Crippen LogP contribution in [-0.2, 0) is 19.1 Å². The lowest BCUT2D eigenvalue weighted by Gasteiger charge is -2.44. The van der Waals surface area contributed by atoms with Crippen molar-refractivity contribution in [2.75, 3.05) is 13.2 Å². The van der Waals surface area contributed by atoms with Crippen LogP contribution in [0.3, 0.4) is 0 Å². The SMILES string of the molecule is CCOC(=O)CN1C(=O)/C(=C/c2cccc(Br)c2)OC2CCCCC21. The van der Waals surface area contributed by atoms with Gasteiger partial charge in [0, 0.05) is 4.47 Å². The molecular formula is C19H22BrNO4. The van der Waals surface area contributed by atoms with Gasteiger partial charge in [-0.15, -0.1) is 0 Å². The Morgan fingerprint density at radius 2 is 2.20 bits per heavy atom. The van der Waals surface area contributed by atoms with Crippen LogP contribution in [0, 0.1) is 0 Å². The number of carbonyl (C=O) groups is 2. The van der Waals surface area contributed by atoms with Crippen LogP contribution in [0.4, 0.5) is 0 Å². The number of morpholine rings is 1. The molecule has 1 aromatic carbocycles. The molecule has 1 aliphatic carbocycles. The molecule has 6 heteroatoms. The fourth-order valence-corrected chi connectivity index (χ4v) is 3.87. The highest BCUT2D eigenvalue weighted by Crippen LogP contribution is 2.33. The molecule has 2 unspecified atom stereocenters. The Kier molecular flexibility index (Phi) is 5.78. The van der Waals surface area contributed by atoms with Gasteiger partial charge in [-0.25, -0.2) is 0 Å². The third-order valence-electron chi connectivity index (χ3n) is 4.57. The number of hydrogen-bond donors (Lipinski definition) is 0. The van der Waals surface area contributed by atoms with Gasteiger partial charge in [-0.05, 0) is 50.0 Å². The average Bonchev–Trinajstić information content (AvgIpc) is 2.59. The Labute approximate surface area is 156 Å². The van der Waals surface area contributed by atoms with Crippen molar-refractivity contribution in [3.05, 3.63) is 40.1 Å². The van der Waals surface area contributed by atoms with Crippen LogP contribution in [0.5, 0.6) is 0 Å². The van der Waals surface area contributed by atoms with Gasteiger partial charge in [-0.1, -0.05) is 34.5 Å². The molecule has 1 aromatic rings. The van der Waals surface area contributed by atoms with Gasteiger partial charge in [-0.3, -0.25) is 9.59 Å². The minimum Gasteiger partial charge on any atom is -0.482 e. The van der Waals surface area contributed by atoms with E-state index >= 15 is 0 Å². The molecule has 1 saturated heterocycles. The number of nitrogens with zero attached hydrogens (tertiary/aromatic N) is 1. The van der Waals surface area contributed by atoms with Gasteiger partial charge >= 0.3 is 5.97 Å². The number of ether oxygens (including phenoxy) is 2. The van der Waals surface area contributed by atoms with E-state index in [9.17, 15) is 9.59 Å². The number of fused-ring (bicyclic) bond motifs is 1. The predicted octanol–water partition coefficient (Wildman–Crippen LogP) is 3.52. The second-order valence-corrected chi connectivity index (χ2v) is 7.23. The molecule has 0 bridgehead atoms. The highest BCUT2D eigenvalue weighted by Gasteiger charge is 2.42. The summed E-state index contributed by atoms with van der Waals surface area (Å²) in [5.74, 6) is -0.314. The minimum absolute atomic E-state index is 0.0208. The van der Waals surface area contributed by atoms with Gasteiger partial charge in [-0.2, -0.15) is 0 Å². The van der Waals surface area contributed by atoms with Crippen molar-refractivity contribution in [2.24, 2.45) is 0 Å². The summed E-state index contributed by atoms with van der Waals surface area (Å²) in [7, 11) is 0. The Morgan fingerprint density at radius 1 is 1.40 bits per heavy atom. The first-order valence-electron chi connectivity index (χ1n) is 8.69. The average molecular weight is 408 g/mol. The summed E-state index contributed by atoms with van der Waals surface area (Å²) >= 11 is 3.43. The molecule has 3 rings (SSSR count). The molecular weight excluding hydrogens is 386 g/mol. The Bertz CT molecular complexity index is 688. The third kappa shape index (κ3) is 4.24. The van der Waals surface area contributed by atoms with Crippen LogP contribution < -0.4 is 0 Å². The molecule has 25 heavy (non-hydrogen) atoms. The zero-order chi connectivity index (χ0) is 17.8. The van der Waals surface area contributed by atoms with Gasteiger partial charge in [0.25, 0.3) is 5.91 Å². The number of esters is 1. The predicted molar refractivity (Wildman–Crippen MR) is 97.6 cm³/mol. The fraction of sp³-hybridized carbons (Fsp3) is 0.474. The van der Waals surface area contributed by atoms with Crippen LogP contribution >= 0.6 is 15.9 Å². The van der Waals surface area contributed by atoms with Gasteiger partial charge in [0.2, 0.25) is 0 Å². The molecule has 2 aliphatic rings. The number of rotatable bonds is 4. The second-order valence-electron chi connectivity index (χ2n) is 6.31. The van der Waals surface area contributed by atoms with Crippen molar-refractivity contribution in [1.29, 1.82) is 0 Å². The van der Waals surface area contributed by atoms with E-state index in [0.717, 1.165) is 35.7 Å². The summed E-state index contributed by atoms with van der Waals surface area (Å²) in [6.07, 6.45) is 5.57. The molecule has 0 radical (unpaired) electrons. The molecule has 1 saturated carbocycles. The molecule has 134 valence electrons. The summed E-state index contributed by atoms with van der Waals surface area (Å²) in [6.45, 7) is 2.06. The van der Waals surface area contributed by atoms with E-state index in [1.165, 1.54) is 0 Å². The summed E-state index contributed by atoms with van der Waals surface area (Å²) in [5, 5.41) is 0. The maximum atomic E-state index is 12.9. The number of hydrogen-bond acceptors (Lipinski definition) is 4. The van der Waals surface area contributed by atoms with Crippen LogP contribution in [0.25, 0.3) is 6.08 Å². The highest BCUT2D eigenvalue weighted by molar-refractivity contribution is 9.10. The maximum Gasteiger partial charge on any atom is 0.325 e. The van der Waals surface area contributed by atoms with Crippen LogP contribution in [0.2, 0.25) is 0 Å². The largest absolute Gasteiger partial charge is 0.482 e. The number of carbonyl (C=O) groups excluding carboxylic acids is 2. The van der Waals surface area contributed by atoms with Gasteiger partial charge in [0.15, 0.2) is 5.76 Å². The molecule has 1 amide bonds. The standard InChI is InChI=1S/C19H22BrNO4/c1-2-24-18(22)12-21-15-8-3-4-9-16(15)25-17(19(21)23)11-13-6-5-7-14(20)10-13/h5-7,10-11,15-16H,2-4,8-9,12H2,1H3/b17-11-. The van der Waals surface area contributed by atoms with Gasteiger partial charge in [0.05, 0.1) is 12.6 Å². The topological polar surface area (TPSA) is 55.8 Å². The van der Waals surface area contributed by atoms with E-state index in [2.05, 4.69) is 15.9 Å². The van der Waals surface area contributed by atoms with Crippen molar-refractivity contribution in [1.82, 2.24) is 4.90 Å². The van der Waals surface area contributed by atoms with Crippen LogP contribution in [0.15, 0.2) is 34.5 Å². The molecule has 1 aliphatic heterocycles. The number of benzene rings is 1. The van der Waals surface area contributed by atoms with Crippen molar-refractivity contribution in [3.63, 3.8) is 0 Å². The van der Waals surface area contributed by atoms with Crippen LogP contribution in [0.1, 0.15) is 38.2 Å². The minimum atomic E-state index is -0.371. The molecule has 5 nitrogen and oxygen atoms in total. The Hall–Kier alpha value is -1.82. The lowest BCUT2D eigenvalue weighted by molar-refractivity contribution is -0.159. The first kappa shape index (κ1) is 18.0. The van der Waals surface area contributed by atoms with E-state index in [-0.39, 0.29) is 30.6 Å². The fourth-order valence-electron chi connectivity index (χ4n) is 3.46. The number of amides is 1.